The molecule has 2 nitrogen and oxygen atoms in total. The highest BCUT2D eigenvalue weighted by Gasteiger charge is 1.94. The molecule has 1 rings (SSSR count). The molecule has 0 fully saturated rings. The van der Waals surface area contributed by atoms with E-state index >= 15 is 0 Å². The summed E-state index contributed by atoms with van der Waals surface area (Å²) in [6, 6.07) is 3.92. The Bertz CT molecular complexity index is 254. The van der Waals surface area contributed by atoms with Crippen LogP contribution in [0.4, 0.5) is 0 Å². The van der Waals surface area contributed by atoms with Gasteiger partial charge in [-0.3, -0.25) is 4.98 Å². The van der Waals surface area contributed by atoms with Gasteiger partial charge in [-0.15, -0.1) is 0 Å². The first-order chi connectivity index (χ1) is 5.74. The van der Waals surface area contributed by atoms with E-state index in [1.54, 1.807) is 0 Å². The first-order valence-corrected chi connectivity index (χ1v) is 4.19. The first kappa shape index (κ1) is 10.8. The Morgan fingerprint density at radius 2 is 1.83 bits per heavy atom. The quantitative estimate of drug-likeness (QED) is 0.636. The van der Waals surface area contributed by atoms with E-state index in [-0.39, 0.29) is 0 Å². The highest BCUT2D eigenvalue weighted by molar-refractivity contribution is 5.76. The molecule has 0 aliphatic rings. The van der Waals surface area contributed by atoms with Gasteiger partial charge in [0.05, 0.1) is 5.69 Å². The zero-order valence-electron chi connectivity index (χ0n) is 8.18. The predicted octanol–water partition coefficient (Wildman–Crippen LogP) is 2.72. The van der Waals surface area contributed by atoms with Crippen LogP contribution in [0.5, 0.6) is 0 Å². The zero-order chi connectivity index (χ0) is 9.56. The van der Waals surface area contributed by atoms with E-state index in [0.717, 1.165) is 17.0 Å². The van der Waals surface area contributed by atoms with Gasteiger partial charge >= 0.3 is 0 Å². The standard InChI is InChI=1S/C8H10N2.C2H6/c1-6-3-4-7(2)10-8(6)5-9;1-2/h3-5,9H,1-2H3;1-2H3. The SMILES string of the molecule is CC.Cc1ccc(C)c(C=N)n1. The molecule has 0 saturated heterocycles. The molecular formula is C10H16N2. The normalized spacial score (nSPS) is 8.33. The minimum Gasteiger partial charge on any atom is -0.306 e. The summed E-state index contributed by atoms with van der Waals surface area (Å²) in [6.45, 7) is 7.87. The molecule has 0 atom stereocenters. The van der Waals surface area contributed by atoms with Crippen molar-refractivity contribution in [1.29, 1.82) is 5.41 Å². The van der Waals surface area contributed by atoms with Crippen molar-refractivity contribution in [3.8, 4) is 0 Å². The molecule has 0 saturated carbocycles. The molecule has 1 aromatic rings. The summed E-state index contributed by atoms with van der Waals surface area (Å²) >= 11 is 0. The second kappa shape index (κ2) is 5.47. The number of pyridine rings is 1. The Labute approximate surface area is 74.2 Å². The second-order valence-electron chi connectivity index (χ2n) is 2.30. The van der Waals surface area contributed by atoms with E-state index in [9.17, 15) is 0 Å². The van der Waals surface area contributed by atoms with Crippen LogP contribution in [-0.4, -0.2) is 11.2 Å². The van der Waals surface area contributed by atoms with Crippen molar-refractivity contribution in [2.45, 2.75) is 27.7 Å². The number of rotatable bonds is 1. The monoisotopic (exact) mass is 164 g/mol. The van der Waals surface area contributed by atoms with Crippen LogP contribution >= 0.6 is 0 Å². The number of nitrogens with one attached hydrogen (secondary N) is 1. The van der Waals surface area contributed by atoms with Crippen molar-refractivity contribution in [2.75, 3.05) is 0 Å². The Balaban J connectivity index is 0.000000561. The number of aryl methyl sites for hydroxylation is 2. The number of hydrogen-bond donors (Lipinski definition) is 1. The van der Waals surface area contributed by atoms with Crippen molar-refractivity contribution < 1.29 is 0 Å². The molecule has 66 valence electrons. The van der Waals surface area contributed by atoms with Crippen LogP contribution in [0.3, 0.4) is 0 Å². The molecule has 0 bridgehead atoms. The van der Waals surface area contributed by atoms with E-state index in [0.29, 0.717) is 0 Å². The molecule has 0 aromatic carbocycles. The molecule has 2 heteroatoms. The molecule has 12 heavy (non-hydrogen) atoms. The van der Waals surface area contributed by atoms with Crippen molar-refractivity contribution in [2.24, 2.45) is 0 Å². The molecule has 0 spiro atoms. The molecule has 0 aliphatic heterocycles. The lowest BCUT2D eigenvalue weighted by Gasteiger charge is -1.97. The third-order valence-corrected chi connectivity index (χ3v) is 1.41. The smallest absolute Gasteiger partial charge is 0.0837 e. The van der Waals surface area contributed by atoms with Gasteiger partial charge in [0.15, 0.2) is 0 Å². The summed E-state index contributed by atoms with van der Waals surface area (Å²) in [5.74, 6) is 0. The van der Waals surface area contributed by atoms with Gasteiger partial charge in [0.25, 0.3) is 0 Å². The summed E-state index contributed by atoms with van der Waals surface area (Å²) in [5, 5.41) is 6.99. The van der Waals surface area contributed by atoms with E-state index in [1.807, 2.05) is 39.8 Å². The molecule has 1 aromatic heterocycles. The van der Waals surface area contributed by atoms with Gasteiger partial charge < -0.3 is 5.41 Å². The lowest BCUT2D eigenvalue weighted by atomic mass is 10.2. The minimum atomic E-state index is 0.764. The van der Waals surface area contributed by atoms with Gasteiger partial charge in [-0.05, 0) is 25.5 Å². The minimum absolute atomic E-state index is 0.764. The van der Waals surface area contributed by atoms with Crippen LogP contribution in [0.25, 0.3) is 0 Å². The fourth-order valence-corrected chi connectivity index (χ4v) is 0.793. The molecule has 0 radical (unpaired) electrons. The topological polar surface area (TPSA) is 36.7 Å². The number of aromatic nitrogens is 1. The van der Waals surface area contributed by atoms with Crippen LogP contribution in [0.15, 0.2) is 12.1 Å². The maximum absolute atomic E-state index is 6.99. The van der Waals surface area contributed by atoms with Gasteiger partial charge in [0, 0.05) is 11.9 Å². The highest BCUT2D eigenvalue weighted by Crippen LogP contribution is 2.02. The number of nitrogens with zero attached hydrogens (tertiary/aromatic N) is 1. The highest BCUT2D eigenvalue weighted by atomic mass is 14.7. The maximum Gasteiger partial charge on any atom is 0.0837 e. The Morgan fingerprint density at radius 1 is 1.25 bits per heavy atom. The van der Waals surface area contributed by atoms with Gasteiger partial charge in [0.1, 0.15) is 0 Å². The van der Waals surface area contributed by atoms with Gasteiger partial charge in [-0.1, -0.05) is 19.9 Å². The number of hydrogen-bond acceptors (Lipinski definition) is 2. The summed E-state index contributed by atoms with van der Waals surface area (Å²) in [7, 11) is 0. The maximum atomic E-state index is 6.99. The fraction of sp³-hybridized carbons (Fsp3) is 0.400. The van der Waals surface area contributed by atoms with E-state index in [4.69, 9.17) is 5.41 Å². The Hall–Kier alpha value is -1.18. The average Bonchev–Trinajstić information content (AvgIpc) is 2.13. The largest absolute Gasteiger partial charge is 0.306 e. The summed E-state index contributed by atoms with van der Waals surface area (Å²) < 4.78 is 0. The van der Waals surface area contributed by atoms with Crippen LogP contribution in [-0.2, 0) is 0 Å². The molecule has 1 N–H and O–H groups in total. The van der Waals surface area contributed by atoms with Crippen molar-refractivity contribution in [1.82, 2.24) is 4.98 Å². The van der Waals surface area contributed by atoms with E-state index < -0.39 is 0 Å². The molecule has 1 heterocycles. The summed E-state index contributed by atoms with van der Waals surface area (Å²) in [6.07, 6.45) is 1.28. The van der Waals surface area contributed by atoms with Crippen molar-refractivity contribution in [3.63, 3.8) is 0 Å². The predicted molar refractivity (Wildman–Crippen MR) is 52.9 cm³/mol. The lowest BCUT2D eigenvalue weighted by molar-refractivity contribution is 1.15. The molecule has 0 unspecified atom stereocenters. The van der Waals surface area contributed by atoms with E-state index in [2.05, 4.69) is 4.98 Å². The zero-order valence-corrected chi connectivity index (χ0v) is 8.18. The van der Waals surface area contributed by atoms with Crippen LogP contribution in [0.2, 0.25) is 0 Å². The van der Waals surface area contributed by atoms with Crippen LogP contribution < -0.4 is 0 Å². The summed E-state index contributed by atoms with van der Waals surface area (Å²) in [5.41, 5.74) is 2.78. The molecule has 0 aliphatic carbocycles. The van der Waals surface area contributed by atoms with Gasteiger partial charge in [-0.2, -0.15) is 0 Å². The van der Waals surface area contributed by atoms with Gasteiger partial charge in [0.2, 0.25) is 0 Å². The van der Waals surface area contributed by atoms with Crippen molar-refractivity contribution in [3.05, 3.63) is 29.1 Å². The van der Waals surface area contributed by atoms with E-state index in [1.165, 1.54) is 6.21 Å². The van der Waals surface area contributed by atoms with Crippen LogP contribution in [0, 0.1) is 19.3 Å². The molecular weight excluding hydrogens is 148 g/mol. The second-order valence-corrected chi connectivity index (χ2v) is 2.30. The third kappa shape index (κ3) is 2.82. The Kier molecular flexibility index (Phi) is 4.93. The Morgan fingerprint density at radius 3 is 2.25 bits per heavy atom. The summed E-state index contributed by atoms with van der Waals surface area (Å²) in [4.78, 5) is 4.15. The first-order valence-electron chi connectivity index (χ1n) is 4.19. The fourth-order valence-electron chi connectivity index (χ4n) is 0.793. The average molecular weight is 164 g/mol. The molecule has 0 amide bonds. The third-order valence-electron chi connectivity index (χ3n) is 1.41. The lowest BCUT2D eigenvalue weighted by Crippen LogP contribution is -1.92. The van der Waals surface area contributed by atoms with Crippen molar-refractivity contribution >= 4 is 6.21 Å². The van der Waals surface area contributed by atoms with Gasteiger partial charge in [-0.25, -0.2) is 0 Å². The van der Waals surface area contributed by atoms with Crippen LogP contribution in [0.1, 0.15) is 30.8 Å².